The summed E-state index contributed by atoms with van der Waals surface area (Å²) in [5.74, 6) is 0.190. The molecule has 0 N–H and O–H groups in total. The van der Waals surface area contributed by atoms with Crippen LogP contribution in [-0.4, -0.2) is 22.2 Å². The van der Waals surface area contributed by atoms with Gasteiger partial charge in [0, 0.05) is 20.1 Å². The molecule has 2 rings (SSSR count). The van der Waals surface area contributed by atoms with Crippen LogP contribution in [0, 0.1) is 0 Å². The molecule has 0 atom stereocenters. The fourth-order valence-corrected chi connectivity index (χ4v) is 3.13. The Kier molecular flexibility index (Phi) is 9.40. The highest BCUT2D eigenvalue weighted by atomic mass is 79.9. The van der Waals surface area contributed by atoms with E-state index in [0.717, 1.165) is 20.1 Å². The summed E-state index contributed by atoms with van der Waals surface area (Å²) in [7, 11) is 0. The Hall–Kier alpha value is -0.300. The van der Waals surface area contributed by atoms with Crippen molar-refractivity contribution in [2.75, 3.05) is 10.7 Å². The van der Waals surface area contributed by atoms with Gasteiger partial charge in [-0.1, -0.05) is 100 Å². The van der Waals surface area contributed by atoms with E-state index in [2.05, 4.69) is 63.7 Å². The van der Waals surface area contributed by atoms with Crippen LogP contribution >= 0.6 is 63.7 Å². The van der Waals surface area contributed by atoms with Gasteiger partial charge in [-0.2, -0.15) is 0 Å². The largest absolute Gasteiger partial charge is 0.293 e. The number of carbonyl (C=O) groups excluding carboxylic acids is 2. The minimum atomic E-state index is 0.0949. The van der Waals surface area contributed by atoms with E-state index in [1.54, 1.807) is 12.1 Å². The number of halogens is 4. The molecule has 0 aromatic heterocycles. The zero-order valence-corrected chi connectivity index (χ0v) is 17.7. The zero-order valence-electron chi connectivity index (χ0n) is 11.4. The van der Waals surface area contributed by atoms with Crippen LogP contribution in [0.4, 0.5) is 0 Å². The van der Waals surface area contributed by atoms with Crippen LogP contribution in [0.3, 0.4) is 0 Å². The molecule has 0 saturated carbocycles. The van der Waals surface area contributed by atoms with Gasteiger partial charge in [-0.05, 0) is 12.1 Å². The second-order valence-electron chi connectivity index (χ2n) is 4.07. The average Bonchev–Trinajstić information content (AvgIpc) is 2.55. The molecular formula is C16H12Br4O2. The molecule has 6 heteroatoms. The van der Waals surface area contributed by atoms with E-state index in [0.29, 0.717) is 10.7 Å². The van der Waals surface area contributed by atoms with Crippen molar-refractivity contribution >= 4 is 75.3 Å². The summed E-state index contributed by atoms with van der Waals surface area (Å²) in [5.41, 5.74) is 1.45. The third kappa shape index (κ3) is 6.07. The number of hydrogen-bond donors (Lipinski definition) is 0. The highest BCUT2D eigenvalue weighted by Gasteiger charge is 2.06. The van der Waals surface area contributed by atoms with Gasteiger partial charge in [-0.15, -0.1) is 0 Å². The van der Waals surface area contributed by atoms with E-state index in [9.17, 15) is 9.59 Å². The van der Waals surface area contributed by atoms with Gasteiger partial charge in [-0.3, -0.25) is 9.59 Å². The summed E-state index contributed by atoms with van der Waals surface area (Å²) in [6.45, 7) is 0. The number of rotatable bonds is 4. The summed E-state index contributed by atoms with van der Waals surface area (Å²) < 4.78 is 1.70. The van der Waals surface area contributed by atoms with Crippen molar-refractivity contribution in [2.45, 2.75) is 0 Å². The molecule has 0 spiro atoms. The minimum absolute atomic E-state index is 0.0949. The zero-order chi connectivity index (χ0) is 16.5. The molecule has 2 aromatic rings. The quantitative estimate of drug-likeness (QED) is 0.340. The molecule has 0 aliphatic carbocycles. The Bertz CT molecular complexity index is 599. The Morgan fingerprint density at radius 2 is 1.00 bits per heavy atom. The molecule has 0 amide bonds. The number of hydrogen-bond acceptors (Lipinski definition) is 2. The van der Waals surface area contributed by atoms with Gasteiger partial charge in [-0.25, -0.2) is 0 Å². The lowest BCUT2D eigenvalue weighted by Gasteiger charge is -1.98. The smallest absolute Gasteiger partial charge is 0.174 e. The molecule has 0 aliphatic heterocycles. The van der Waals surface area contributed by atoms with Crippen molar-refractivity contribution in [2.24, 2.45) is 0 Å². The van der Waals surface area contributed by atoms with Gasteiger partial charge < -0.3 is 0 Å². The molecule has 0 bridgehead atoms. The van der Waals surface area contributed by atoms with Crippen LogP contribution in [0.15, 0.2) is 57.5 Å². The van der Waals surface area contributed by atoms with Crippen molar-refractivity contribution < 1.29 is 9.59 Å². The standard InChI is InChI=1S/2C8H6Br2O/c2*9-5-8(11)6-3-1-2-4-7(6)10/h2*1-4H,5H2. The summed E-state index contributed by atoms with van der Waals surface area (Å²) in [4.78, 5) is 22.3. The monoisotopic (exact) mass is 552 g/mol. The lowest BCUT2D eigenvalue weighted by molar-refractivity contribution is 0.101. The topological polar surface area (TPSA) is 34.1 Å². The Morgan fingerprint density at radius 3 is 1.27 bits per heavy atom. The highest BCUT2D eigenvalue weighted by molar-refractivity contribution is 9.11. The van der Waals surface area contributed by atoms with E-state index >= 15 is 0 Å². The van der Waals surface area contributed by atoms with Crippen molar-refractivity contribution in [3.8, 4) is 0 Å². The molecule has 2 aromatic carbocycles. The van der Waals surface area contributed by atoms with Crippen molar-refractivity contribution in [1.82, 2.24) is 0 Å². The van der Waals surface area contributed by atoms with Crippen molar-refractivity contribution in [3.63, 3.8) is 0 Å². The van der Waals surface area contributed by atoms with Crippen LogP contribution in [-0.2, 0) is 0 Å². The normalized spacial score (nSPS) is 9.64. The minimum Gasteiger partial charge on any atom is -0.293 e. The van der Waals surface area contributed by atoms with Gasteiger partial charge >= 0.3 is 0 Å². The first-order chi connectivity index (χ1) is 10.5. The molecular weight excluding hydrogens is 544 g/mol. The first kappa shape index (κ1) is 19.7. The van der Waals surface area contributed by atoms with Crippen LogP contribution < -0.4 is 0 Å². The van der Waals surface area contributed by atoms with E-state index in [1.165, 1.54) is 0 Å². The summed E-state index contributed by atoms with van der Waals surface area (Å²) in [6, 6.07) is 14.8. The van der Waals surface area contributed by atoms with Gasteiger partial charge in [0.05, 0.1) is 10.7 Å². The van der Waals surface area contributed by atoms with Crippen LogP contribution in [0.25, 0.3) is 0 Å². The fourth-order valence-electron chi connectivity index (χ4n) is 1.52. The summed E-state index contributed by atoms with van der Waals surface area (Å²) in [6.07, 6.45) is 0. The van der Waals surface area contributed by atoms with Crippen LogP contribution in [0.5, 0.6) is 0 Å². The Labute approximate surface area is 163 Å². The van der Waals surface area contributed by atoms with Crippen LogP contribution in [0.2, 0.25) is 0 Å². The molecule has 0 heterocycles. The molecule has 0 unspecified atom stereocenters. The number of carbonyl (C=O) groups is 2. The molecule has 116 valence electrons. The second-order valence-corrected chi connectivity index (χ2v) is 6.90. The number of Topliss-reactive ketones (excluding diaryl/α,β-unsaturated/α-hetero) is 2. The SMILES string of the molecule is O=C(CBr)c1ccccc1Br.O=C(CBr)c1ccccc1Br. The third-order valence-corrected chi connectivity index (χ3v) is 4.99. The molecule has 22 heavy (non-hydrogen) atoms. The second kappa shape index (κ2) is 10.5. The molecule has 0 saturated heterocycles. The maximum Gasteiger partial charge on any atom is 0.174 e. The average molecular weight is 556 g/mol. The van der Waals surface area contributed by atoms with Gasteiger partial charge in [0.25, 0.3) is 0 Å². The summed E-state index contributed by atoms with van der Waals surface area (Å²) >= 11 is 12.8. The third-order valence-electron chi connectivity index (χ3n) is 2.59. The van der Waals surface area contributed by atoms with Crippen molar-refractivity contribution in [1.29, 1.82) is 0 Å². The first-order valence-corrected chi connectivity index (χ1v) is 10.0. The number of benzene rings is 2. The Morgan fingerprint density at radius 1 is 0.682 bits per heavy atom. The number of alkyl halides is 2. The molecule has 2 nitrogen and oxygen atoms in total. The van der Waals surface area contributed by atoms with Gasteiger partial charge in [0.1, 0.15) is 0 Å². The maximum absolute atomic E-state index is 11.2. The van der Waals surface area contributed by atoms with Gasteiger partial charge in [0.2, 0.25) is 0 Å². The van der Waals surface area contributed by atoms with E-state index in [1.807, 2.05) is 36.4 Å². The van der Waals surface area contributed by atoms with Crippen molar-refractivity contribution in [3.05, 3.63) is 68.6 Å². The lowest BCUT2D eigenvalue weighted by atomic mass is 10.2. The predicted octanol–water partition coefficient (Wildman–Crippen LogP) is 6.05. The maximum atomic E-state index is 11.2. The van der Waals surface area contributed by atoms with E-state index in [4.69, 9.17) is 0 Å². The number of ketones is 2. The molecule has 0 aliphatic rings. The fraction of sp³-hybridized carbons (Fsp3) is 0.125. The molecule has 0 radical (unpaired) electrons. The van der Waals surface area contributed by atoms with E-state index in [-0.39, 0.29) is 11.6 Å². The molecule has 0 fully saturated rings. The highest BCUT2D eigenvalue weighted by Crippen LogP contribution is 2.17. The van der Waals surface area contributed by atoms with Gasteiger partial charge in [0.15, 0.2) is 11.6 Å². The lowest BCUT2D eigenvalue weighted by Crippen LogP contribution is -1.99. The summed E-state index contributed by atoms with van der Waals surface area (Å²) in [5, 5.41) is 0.741. The first-order valence-electron chi connectivity index (χ1n) is 6.18. The Balaban J connectivity index is 0.000000220. The predicted molar refractivity (Wildman–Crippen MR) is 105 cm³/mol. The van der Waals surface area contributed by atoms with Crippen LogP contribution in [0.1, 0.15) is 20.7 Å². The van der Waals surface area contributed by atoms with E-state index < -0.39 is 0 Å².